The highest BCUT2D eigenvalue weighted by Gasteiger charge is 2.51. The number of nitrogens with zero attached hydrogens (tertiary/aromatic N) is 2. The zero-order valence-electron chi connectivity index (χ0n) is 16.2. The summed E-state index contributed by atoms with van der Waals surface area (Å²) >= 11 is 0. The van der Waals surface area contributed by atoms with Crippen LogP contribution in [0.15, 0.2) is 43.0 Å². The molecule has 1 aromatic carbocycles. The lowest BCUT2D eigenvalue weighted by Crippen LogP contribution is -2.59. The lowest BCUT2D eigenvalue weighted by molar-refractivity contribution is -0.125. The van der Waals surface area contributed by atoms with Crippen molar-refractivity contribution in [2.75, 3.05) is 7.11 Å². The Kier molecular flexibility index (Phi) is 5.19. The molecule has 1 amide bonds. The summed E-state index contributed by atoms with van der Waals surface area (Å²) in [6, 6.07) is 8.78. The van der Waals surface area contributed by atoms with Gasteiger partial charge < -0.3 is 14.6 Å². The highest BCUT2D eigenvalue weighted by atomic mass is 16.5. The van der Waals surface area contributed by atoms with Crippen LogP contribution in [0.2, 0.25) is 0 Å². The van der Waals surface area contributed by atoms with Gasteiger partial charge in [0, 0.05) is 36.8 Å². The number of hydrogen-bond acceptors (Lipinski definition) is 3. The minimum Gasteiger partial charge on any atom is -0.497 e. The van der Waals surface area contributed by atoms with E-state index >= 15 is 0 Å². The van der Waals surface area contributed by atoms with Crippen LogP contribution in [0.3, 0.4) is 0 Å². The number of benzene rings is 1. The Morgan fingerprint density at radius 3 is 2.67 bits per heavy atom. The fourth-order valence-electron chi connectivity index (χ4n) is 5.09. The standard InChI is InChI=1S/C22H29N3O2/c1-15(25-12-11-23-14-25)13-20(26)24-22-19-6-4-3-5-18(19)21(22)16-7-9-17(27-2)10-8-16/h7-12,14-15,18-19,21-22H,3-6,13H2,1-2H3,(H,24,26)/t15?,18?,19?,21-,22-/m0/s1. The first-order chi connectivity index (χ1) is 13.2. The summed E-state index contributed by atoms with van der Waals surface area (Å²) in [6.45, 7) is 2.06. The van der Waals surface area contributed by atoms with Crippen LogP contribution in [-0.4, -0.2) is 28.6 Å². The molecule has 2 aliphatic rings. The second kappa shape index (κ2) is 7.75. The number of ether oxygens (including phenoxy) is 1. The first-order valence-electron chi connectivity index (χ1n) is 10.1. The molecule has 0 saturated heterocycles. The SMILES string of the molecule is COc1ccc([C@H]2C3CCCCC3[C@@H]2NC(=O)CC(C)n2ccnc2)cc1. The summed E-state index contributed by atoms with van der Waals surface area (Å²) in [5.74, 6) is 2.77. The quantitative estimate of drug-likeness (QED) is 0.842. The number of nitrogens with one attached hydrogen (secondary N) is 1. The summed E-state index contributed by atoms with van der Waals surface area (Å²) < 4.78 is 7.29. The van der Waals surface area contributed by atoms with Crippen molar-refractivity contribution in [2.45, 2.75) is 57.0 Å². The molecular formula is C22H29N3O2. The van der Waals surface area contributed by atoms with E-state index in [1.807, 2.05) is 22.9 Å². The summed E-state index contributed by atoms with van der Waals surface area (Å²) in [5.41, 5.74) is 1.33. The largest absolute Gasteiger partial charge is 0.497 e. The molecule has 2 aliphatic carbocycles. The molecule has 1 N–H and O–H groups in total. The molecule has 2 saturated carbocycles. The Labute approximate surface area is 161 Å². The minimum atomic E-state index is 0.120. The number of rotatable bonds is 6. The number of fused-ring (bicyclic) bond motifs is 1. The molecule has 2 aromatic rings. The van der Waals surface area contributed by atoms with Gasteiger partial charge in [-0.15, -0.1) is 0 Å². The average molecular weight is 367 g/mol. The Morgan fingerprint density at radius 1 is 1.26 bits per heavy atom. The van der Waals surface area contributed by atoms with Crippen molar-refractivity contribution < 1.29 is 9.53 Å². The molecule has 5 nitrogen and oxygen atoms in total. The van der Waals surface area contributed by atoms with Crippen molar-refractivity contribution in [1.29, 1.82) is 0 Å². The van der Waals surface area contributed by atoms with Gasteiger partial charge in [0.15, 0.2) is 0 Å². The van der Waals surface area contributed by atoms with E-state index in [1.54, 1.807) is 19.6 Å². The van der Waals surface area contributed by atoms with E-state index in [1.165, 1.54) is 31.2 Å². The van der Waals surface area contributed by atoms with Gasteiger partial charge in [0.1, 0.15) is 5.75 Å². The topological polar surface area (TPSA) is 56.1 Å². The van der Waals surface area contributed by atoms with Crippen molar-refractivity contribution >= 4 is 5.91 Å². The van der Waals surface area contributed by atoms with Gasteiger partial charge in [0.25, 0.3) is 0 Å². The molecule has 1 heterocycles. The minimum absolute atomic E-state index is 0.120. The molecule has 5 atom stereocenters. The van der Waals surface area contributed by atoms with Gasteiger partial charge in [-0.3, -0.25) is 4.79 Å². The van der Waals surface area contributed by atoms with Gasteiger partial charge in [0.2, 0.25) is 5.91 Å². The first kappa shape index (κ1) is 18.1. The average Bonchev–Trinajstić information content (AvgIpc) is 3.22. The molecule has 4 rings (SSSR count). The van der Waals surface area contributed by atoms with E-state index in [0.29, 0.717) is 24.2 Å². The molecule has 0 spiro atoms. The van der Waals surface area contributed by atoms with Crippen LogP contribution in [0.1, 0.15) is 56.6 Å². The third-order valence-corrected chi connectivity index (χ3v) is 6.53. The second-order valence-electron chi connectivity index (χ2n) is 8.07. The third-order valence-electron chi connectivity index (χ3n) is 6.53. The number of hydrogen-bond donors (Lipinski definition) is 1. The fourth-order valence-corrected chi connectivity index (χ4v) is 5.09. The van der Waals surface area contributed by atoms with E-state index in [9.17, 15) is 4.79 Å². The van der Waals surface area contributed by atoms with Crippen molar-refractivity contribution in [2.24, 2.45) is 11.8 Å². The van der Waals surface area contributed by atoms with Gasteiger partial charge in [0.05, 0.1) is 13.4 Å². The maximum Gasteiger partial charge on any atom is 0.222 e. The normalized spacial score (nSPS) is 27.9. The predicted molar refractivity (Wildman–Crippen MR) is 105 cm³/mol. The van der Waals surface area contributed by atoms with Gasteiger partial charge in [-0.25, -0.2) is 4.98 Å². The molecule has 0 aliphatic heterocycles. The maximum absolute atomic E-state index is 12.7. The highest BCUT2D eigenvalue weighted by molar-refractivity contribution is 5.77. The Hall–Kier alpha value is -2.30. The fraction of sp³-hybridized carbons (Fsp3) is 0.545. The molecule has 27 heavy (non-hydrogen) atoms. The number of methoxy groups -OCH3 is 1. The van der Waals surface area contributed by atoms with Crippen molar-refractivity contribution in [3.8, 4) is 5.75 Å². The van der Waals surface area contributed by atoms with Gasteiger partial charge in [-0.05, 0) is 49.3 Å². The van der Waals surface area contributed by atoms with Crippen LogP contribution in [0.25, 0.3) is 0 Å². The van der Waals surface area contributed by atoms with Crippen molar-refractivity contribution in [3.63, 3.8) is 0 Å². The number of amides is 1. The van der Waals surface area contributed by atoms with Crippen LogP contribution in [0, 0.1) is 11.8 Å². The highest BCUT2D eigenvalue weighted by Crippen LogP contribution is 2.54. The lowest BCUT2D eigenvalue weighted by atomic mass is 9.53. The molecule has 0 bridgehead atoms. The number of carbonyl (C=O) groups excluding carboxylic acids is 1. The summed E-state index contributed by atoms with van der Waals surface area (Å²) in [5, 5.41) is 3.38. The molecule has 1 aromatic heterocycles. The monoisotopic (exact) mass is 367 g/mol. The molecule has 2 fully saturated rings. The van der Waals surface area contributed by atoms with Crippen LogP contribution >= 0.6 is 0 Å². The zero-order valence-corrected chi connectivity index (χ0v) is 16.2. The lowest BCUT2D eigenvalue weighted by Gasteiger charge is -2.55. The third kappa shape index (κ3) is 3.60. The first-order valence-corrected chi connectivity index (χ1v) is 10.1. The van der Waals surface area contributed by atoms with Crippen LogP contribution in [0.4, 0.5) is 0 Å². The smallest absolute Gasteiger partial charge is 0.222 e. The molecular weight excluding hydrogens is 338 g/mol. The van der Waals surface area contributed by atoms with E-state index in [2.05, 4.69) is 29.4 Å². The predicted octanol–water partition coefficient (Wildman–Crippen LogP) is 3.93. The number of carbonyl (C=O) groups is 1. The number of imidazole rings is 1. The molecule has 0 radical (unpaired) electrons. The Morgan fingerprint density at radius 2 is 2.00 bits per heavy atom. The van der Waals surface area contributed by atoms with Gasteiger partial charge in [-0.1, -0.05) is 25.0 Å². The summed E-state index contributed by atoms with van der Waals surface area (Å²) in [4.78, 5) is 16.8. The van der Waals surface area contributed by atoms with Crippen LogP contribution < -0.4 is 10.1 Å². The molecule has 144 valence electrons. The Bertz CT molecular complexity index is 756. The van der Waals surface area contributed by atoms with E-state index in [-0.39, 0.29) is 18.0 Å². The zero-order chi connectivity index (χ0) is 18.8. The van der Waals surface area contributed by atoms with Crippen LogP contribution in [0.5, 0.6) is 5.75 Å². The van der Waals surface area contributed by atoms with Gasteiger partial charge in [-0.2, -0.15) is 0 Å². The van der Waals surface area contributed by atoms with E-state index < -0.39 is 0 Å². The van der Waals surface area contributed by atoms with Crippen molar-refractivity contribution in [3.05, 3.63) is 48.5 Å². The number of aromatic nitrogens is 2. The maximum atomic E-state index is 12.7. The van der Waals surface area contributed by atoms with E-state index in [0.717, 1.165) is 5.75 Å². The van der Waals surface area contributed by atoms with Crippen LogP contribution in [-0.2, 0) is 4.79 Å². The van der Waals surface area contributed by atoms with Crippen molar-refractivity contribution in [1.82, 2.24) is 14.9 Å². The van der Waals surface area contributed by atoms with E-state index in [4.69, 9.17) is 4.74 Å². The summed E-state index contributed by atoms with van der Waals surface area (Å²) in [7, 11) is 1.69. The second-order valence-corrected chi connectivity index (χ2v) is 8.07. The summed E-state index contributed by atoms with van der Waals surface area (Å²) in [6.07, 6.45) is 11.0. The molecule has 5 heteroatoms. The molecule has 3 unspecified atom stereocenters. The Balaban J connectivity index is 1.45. The van der Waals surface area contributed by atoms with Gasteiger partial charge >= 0.3 is 0 Å².